The molecule has 0 unspecified atom stereocenters. The van der Waals surface area contributed by atoms with Crippen molar-refractivity contribution in [2.75, 3.05) is 18.0 Å². The van der Waals surface area contributed by atoms with Gasteiger partial charge in [0.05, 0.1) is 16.2 Å². The second kappa shape index (κ2) is 7.00. The highest BCUT2D eigenvalue weighted by Gasteiger charge is 2.27. The predicted molar refractivity (Wildman–Crippen MR) is 104 cm³/mol. The van der Waals surface area contributed by atoms with E-state index in [-0.39, 0.29) is 10.7 Å². The third-order valence-electron chi connectivity index (χ3n) is 4.52. The molecule has 3 aromatic rings. The van der Waals surface area contributed by atoms with Crippen molar-refractivity contribution in [1.29, 1.82) is 0 Å². The van der Waals surface area contributed by atoms with Gasteiger partial charge in [0.1, 0.15) is 5.82 Å². The Morgan fingerprint density at radius 3 is 2.50 bits per heavy atom. The number of benzene rings is 2. The third-order valence-corrected chi connectivity index (χ3v) is 4.81. The van der Waals surface area contributed by atoms with E-state index in [4.69, 9.17) is 11.6 Å². The van der Waals surface area contributed by atoms with Gasteiger partial charge in [-0.3, -0.25) is 0 Å². The van der Waals surface area contributed by atoms with Gasteiger partial charge in [0.15, 0.2) is 5.69 Å². The summed E-state index contributed by atoms with van der Waals surface area (Å²) in [5.74, 6) is -1.63. The number of nitrogens with zero attached hydrogens (tertiary/aromatic N) is 2. The Morgan fingerprint density at radius 1 is 1.23 bits per heavy atom. The maximum atomic E-state index is 14.2. The highest BCUT2D eigenvalue weighted by molar-refractivity contribution is 6.31. The summed E-state index contributed by atoms with van der Waals surface area (Å²) in [5, 5.41) is 10.5. The number of fused-ring (bicyclic) bond motifs is 1. The van der Waals surface area contributed by atoms with E-state index in [0.29, 0.717) is 35.4 Å². The Kier molecular flexibility index (Phi) is 4.92. The lowest BCUT2D eigenvalue weighted by molar-refractivity contribution is 0.0689. The number of carboxylic acid groups (broad SMARTS) is 1. The molecule has 0 aliphatic rings. The van der Waals surface area contributed by atoms with E-state index in [1.165, 1.54) is 12.1 Å². The zero-order valence-corrected chi connectivity index (χ0v) is 15.6. The third kappa shape index (κ3) is 2.92. The topological polar surface area (TPSA) is 45.5 Å². The summed E-state index contributed by atoms with van der Waals surface area (Å²) in [6, 6.07) is 10.4. The van der Waals surface area contributed by atoms with Crippen LogP contribution in [0.15, 0.2) is 36.4 Å². The molecule has 0 atom stereocenters. The van der Waals surface area contributed by atoms with Crippen LogP contribution in [0.3, 0.4) is 0 Å². The molecule has 0 saturated carbocycles. The number of aromatic carboxylic acids is 1. The fourth-order valence-corrected chi connectivity index (χ4v) is 3.51. The van der Waals surface area contributed by atoms with Crippen molar-refractivity contribution in [1.82, 2.24) is 4.57 Å². The van der Waals surface area contributed by atoms with E-state index in [0.717, 1.165) is 5.56 Å². The van der Waals surface area contributed by atoms with Crippen LogP contribution >= 0.6 is 11.6 Å². The molecule has 0 radical (unpaired) electrons. The first-order chi connectivity index (χ1) is 12.4. The van der Waals surface area contributed by atoms with E-state index >= 15 is 0 Å². The number of anilines is 1. The van der Waals surface area contributed by atoms with Crippen LogP contribution in [0, 0.1) is 12.7 Å². The highest BCUT2D eigenvalue weighted by atomic mass is 35.5. The molecule has 26 heavy (non-hydrogen) atoms. The molecule has 1 heterocycles. The van der Waals surface area contributed by atoms with Gasteiger partial charge in [-0.05, 0) is 50.6 Å². The van der Waals surface area contributed by atoms with Gasteiger partial charge in [-0.25, -0.2) is 9.18 Å². The lowest BCUT2D eigenvalue weighted by Gasteiger charge is -2.21. The van der Waals surface area contributed by atoms with Gasteiger partial charge in [0, 0.05) is 24.2 Å². The quantitative estimate of drug-likeness (QED) is 0.661. The average Bonchev–Trinajstić information content (AvgIpc) is 2.91. The average molecular weight is 375 g/mol. The van der Waals surface area contributed by atoms with E-state index in [2.05, 4.69) is 0 Å². The number of carbonyl (C=O) groups is 1. The van der Waals surface area contributed by atoms with Crippen molar-refractivity contribution in [2.24, 2.45) is 0 Å². The van der Waals surface area contributed by atoms with Gasteiger partial charge in [0.2, 0.25) is 0 Å². The Balaban J connectivity index is 2.51. The summed E-state index contributed by atoms with van der Waals surface area (Å²) in [7, 11) is 0. The zero-order chi connectivity index (χ0) is 19.0. The van der Waals surface area contributed by atoms with Crippen LogP contribution in [-0.4, -0.2) is 28.7 Å². The molecular weight excluding hydrogens is 355 g/mol. The van der Waals surface area contributed by atoms with Gasteiger partial charge in [-0.2, -0.15) is 0 Å². The van der Waals surface area contributed by atoms with Gasteiger partial charge in [-0.15, -0.1) is 0 Å². The van der Waals surface area contributed by atoms with E-state index in [1.54, 1.807) is 4.57 Å². The minimum absolute atomic E-state index is 0.0352. The van der Waals surface area contributed by atoms with Crippen molar-refractivity contribution >= 4 is 34.2 Å². The van der Waals surface area contributed by atoms with Crippen molar-refractivity contribution in [2.45, 2.75) is 20.8 Å². The van der Waals surface area contributed by atoms with Crippen molar-refractivity contribution < 1.29 is 14.3 Å². The number of aryl methyl sites for hydroxylation is 1. The maximum Gasteiger partial charge on any atom is 0.355 e. The Bertz CT molecular complexity index is 993. The minimum Gasteiger partial charge on any atom is -0.476 e. The molecule has 6 heteroatoms. The molecule has 0 spiro atoms. The summed E-state index contributed by atoms with van der Waals surface area (Å²) in [4.78, 5) is 14.1. The molecule has 0 amide bonds. The van der Waals surface area contributed by atoms with Crippen LogP contribution in [0.25, 0.3) is 16.6 Å². The molecule has 136 valence electrons. The molecule has 0 aliphatic carbocycles. The first-order valence-corrected chi connectivity index (χ1v) is 8.85. The fourth-order valence-electron chi connectivity index (χ4n) is 3.36. The van der Waals surface area contributed by atoms with Gasteiger partial charge in [0.25, 0.3) is 0 Å². The maximum absolute atomic E-state index is 14.2. The van der Waals surface area contributed by atoms with E-state index < -0.39 is 11.8 Å². The normalized spacial score (nSPS) is 11.1. The number of rotatable bonds is 5. The Hall–Kier alpha value is -2.53. The van der Waals surface area contributed by atoms with Crippen LogP contribution in [0.4, 0.5) is 10.1 Å². The number of hydrogen-bond donors (Lipinski definition) is 1. The lowest BCUT2D eigenvalue weighted by Crippen LogP contribution is -2.24. The molecule has 0 saturated heterocycles. The number of halogens is 2. The summed E-state index contributed by atoms with van der Waals surface area (Å²) >= 11 is 6.02. The second-order valence-corrected chi connectivity index (χ2v) is 6.54. The summed E-state index contributed by atoms with van der Waals surface area (Å²) in [5.41, 5.74) is 2.89. The first-order valence-electron chi connectivity index (χ1n) is 8.47. The summed E-state index contributed by atoms with van der Waals surface area (Å²) in [6.45, 7) is 7.03. The molecule has 3 rings (SSSR count). The molecule has 0 bridgehead atoms. The molecule has 0 aliphatic heterocycles. The number of hydrogen-bond acceptors (Lipinski definition) is 2. The van der Waals surface area contributed by atoms with Gasteiger partial charge in [-0.1, -0.05) is 23.7 Å². The molecule has 0 fully saturated rings. The van der Waals surface area contributed by atoms with Crippen molar-refractivity contribution in [3.63, 3.8) is 0 Å². The van der Waals surface area contributed by atoms with E-state index in [1.807, 2.05) is 49.9 Å². The standard InChI is InChI=1S/C20H20ClFN2O2/c1-4-23(5-2)18-14-10-16(22)15(21)11-17(14)24(19(18)20(25)26)13-8-6-7-12(3)9-13/h6-11H,4-5H2,1-3H3,(H,25,26). The largest absolute Gasteiger partial charge is 0.476 e. The minimum atomic E-state index is -1.07. The molecular formula is C20H20ClFN2O2. The van der Waals surface area contributed by atoms with Crippen LogP contribution in [0.1, 0.15) is 29.9 Å². The SMILES string of the molecule is CCN(CC)c1c(C(=O)O)n(-c2cccc(C)c2)c2cc(Cl)c(F)cc12. The molecule has 1 aromatic heterocycles. The Morgan fingerprint density at radius 2 is 1.92 bits per heavy atom. The number of carboxylic acids is 1. The summed E-state index contributed by atoms with van der Waals surface area (Å²) < 4.78 is 15.8. The first kappa shape index (κ1) is 18.3. The lowest BCUT2D eigenvalue weighted by atomic mass is 10.2. The highest BCUT2D eigenvalue weighted by Crippen LogP contribution is 2.38. The van der Waals surface area contributed by atoms with Crippen LogP contribution in [0.5, 0.6) is 0 Å². The molecule has 2 aromatic carbocycles. The smallest absolute Gasteiger partial charge is 0.355 e. The molecule has 1 N–H and O–H groups in total. The van der Waals surface area contributed by atoms with E-state index in [9.17, 15) is 14.3 Å². The zero-order valence-electron chi connectivity index (χ0n) is 14.9. The van der Waals surface area contributed by atoms with Gasteiger partial charge >= 0.3 is 5.97 Å². The van der Waals surface area contributed by atoms with Crippen molar-refractivity contribution in [3.8, 4) is 5.69 Å². The molecule has 4 nitrogen and oxygen atoms in total. The van der Waals surface area contributed by atoms with Crippen molar-refractivity contribution in [3.05, 3.63) is 58.5 Å². The van der Waals surface area contributed by atoms with Crippen LogP contribution in [-0.2, 0) is 0 Å². The Labute approximate surface area is 156 Å². The van der Waals surface area contributed by atoms with Gasteiger partial charge < -0.3 is 14.6 Å². The number of aromatic nitrogens is 1. The monoisotopic (exact) mass is 374 g/mol. The van der Waals surface area contributed by atoms with Crippen LogP contribution in [0.2, 0.25) is 5.02 Å². The summed E-state index contributed by atoms with van der Waals surface area (Å²) in [6.07, 6.45) is 0. The second-order valence-electron chi connectivity index (χ2n) is 6.13. The van der Waals surface area contributed by atoms with Crippen LogP contribution < -0.4 is 4.90 Å². The fraction of sp³-hybridized carbons (Fsp3) is 0.250. The predicted octanol–water partition coefficient (Wildman–Crippen LogP) is 5.28.